The van der Waals surface area contributed by atoms with E-state index in [0.717, 1.165) is 0 Å². The Morgan fingerprint density at radius 2 is 2.07 bits per heavy atom. The Morgan fingerprint density at radius 1 is 1.33 bits per heavy atom. The monoisotopic (exact) mass is 456 g/mol. The highest BCUT2D eigenvalue weighted by atomic mass is 32.2. The van der Waals surface area contributed by atoms with Crippen molar-refractivity contribution in [3.05, 3.63) is 34.8 Å². The van der Waals surface area contributed by atoms with Crippen LogP contribution in [0.25, 0.3) is 0 Å². The van der Waals surface area contributed by atoms with E-state index in [4.69, 9.17) is 14.6 Å². The number of hydrogen-bond acceptors (Lipinski definition) is 9. The molecular weight excluding hydrogens is 436 g/mol. The van der Waals surface area contributed by atoms with Crippen LogP contribution in [-0.4, -0.2) is 63.3 Å². The molecule has 13 heteroatoms. The van der Waals surface area contributed by atoms with E-state index >= 15 is 0 Å². The number of hydrogen-bond donors (Lipinski definition) is 3. The van der Waals surface area contributed by atoms with Crippen molar-refractivity contribution >= 4 is 38.4 Å². The number of aliphatic carboxylic acids is 1. The van der Waals surface area contributed by atoms with Gasteiger partial charge in [-0.3, -0.25) is 10.2 Å². The number of nitrogens with zero attached hydrogens (tertiary/aromatic N) is 2. The molecule has 1 aliphatic heterocycles. The largest absolute Gasteiger partial charge is 0.482 e. The summed E-state index contributed by atoms with van der Waals surface area (Å²) in [4.78, 5) is 31.0. The number of carbonyl (C=O) groups is 2. The summed E-state index contributed by atoms with van der Waals surface area (Å²) < 4.78 is 35.2. The molecule has 1 aromatic carbocycles. The van der Waals surface area contributed by atoms with Crippen molar-refractivity contribution in [2.75, 3.05) is 37.8 Å². The summed E-state index contributed by atoms with van der Waals surface area (Å²) >= 11 is 1.29. The lowest BCUT2D eigenvalue weighted by Gasteiger charge is -2.25. The van der Waals surface area contributed by atoms with Crippen LogP contribution in [-0.2, 0) is 19.6 Å². The highest BCUT2D eigenvalue weighted by molar-refractivity contribution is 7.89. The zero-order valence-electron chi connectivity index (χ0n) is 16.0. The molecule has 1 aromatic heterocycles. The summed E-state index contributed by atoms with van der Waals surface area (Å²) in [5, 5.41) is 10.9. The first kappa shape index (κ1) is 22.0. The number of aromatic nitrogens is 1. The number of rotatable bonds is 8. The van der Waals surface area contributed by atoms with Gasteiger partial charge >= 0.3 is 5.97 Å². The molecule has 1 aliphatic rings. The van der Waals surface area contributed by atoms with E-state index in [1.807, 2.05) is 9.73 Å². The smallest absolute Gasteiger partial charge is 0.341 e. The second-order valence-corrected chi connectivity index (χ2v) is 8.80. The molecule has 0 spiro atoms. The molecule has 2 heterocycles. The Balaban J connectivity index is 1.61. The Hall–Kier alpha value is -2.74. The third-order valence-corrected chi connectivity index (χ3v) is 6.26. The zero-order valence-corrected chi connectivity index (χ0v) is 17.6. The maximum absolute atomic E-state index is 12.4. The Labute approximate surface area is 176 Å². The number of carboxylic acids is 1. The molecule has 0 saturated carbocycles. The van der Waals surface area contributed by atoms with E-state index in [1.165, 1.54) is 29.5 Å². The van der Waals surface area contributed by atoms with E-state index in [0.29, 0.717) is 37.0 Å². The molecule has 0 radical (unpaired) electrons. The van der Waals surface area contributed by atoms with Crippen molar-refractivity contribution in [2.24, 2.45) is 0 Å². The molecule has 0 aliphatic carbocycles. The van der Waals surface area contributed by atoms with Crippen LogP contribution in [0, 0.1) is 6.92 Å². The topological polar surface area (TPSA) is 147 Å². The number of hydrazine groups is 1. The molecule has 1 saturated heterocycles. The normalized spacial score (nSPS) is 14.4. The number of ether oxygens (including phenoxy) is 2. The van der Waals surface area contributed by atoms with Crippen LogP contribution in [0.5, 0.6) is 5.75 Å². The number of anilines is 1. The van der Waals surface area contributed by atoms with Gasteiger partial charge in [-0.2, -0.15) is 0 Å². The van der Waals surface area contributed by atoms with Gasteiger partial charge in [-0.05, 0) is 30.7 Å². The van der Waals surface area contributed by atoms with Crippen LogP contribution in [0.2, 0.25) is 0 Å². The summed E-state index contributed by atoms with van der Waals surface area (Å²) in [7, 11) is -4.05. The minimum absolute atomic E-state index is 0.0952. The first-order valence-corrected chi connectivity index (χ1v) is 11.2. The summed E-state index contributed by atoms with van der Waals surface area (Å²) in [6.07, 6.45) is 0. The van der Waals surface area contributed by atoms with Crippen LogP contribution in [0.3, 0.4) is 0 Å². The molecule has 3 N–H and O–H groups in total. The first-order chi connectivity index (χ1) is 14.3. The fourth-order valence-electron chi connectivity index (χ4n) is 2.60. The summed E-state index contributed by atoms with van der Waals surface area (Å²) in [6, 6.07) is 3.91. The molecule has 1 amide bonds. The second kappa shape index (κ2) is 9.38. The Bertz CT molecular complexity index is 1030. The molecule has 162 valence electrons. The lowest BCUT2D eigenvalue weighted by atomic mass is 10.2. The number of amides is 1. The zero-order chi connectivity index (χ0) is 21.7. The van der Waals surface area contributed by atoms with Gasteiger partial charge in [0, 0.05) is 18.5 Å². The maximum atomic E-state index is 12.4. The number of benzene rings is 1. The number of morpholine rings is 1. The number of carbonyl (C=O) groups excluding carboxylic acids is 1. The van der Waals surface area contributed by atoms with Gasteiger partial charge in [0.2, 0.25) is 0 Å². The third-order valence-electron chi connectivity index (χ3n) is 4.11. The molecule has 11 nitrogen and oxygen atoms in total. The fraction of sp³-hybridized carbons (Fsp3) is 0.353. The molecule has 3 rings (SSSR count). The van der Waals surface area contributed by atoms with Crippen molar-refractivity contribution in [1.29, 1.82) is 0 Å². The molecular formula is C17H20N4O7S2. The highest BCUT2D eigenvalue weighted by Gasteiger charge is 2.20. The predicted molar refractivity (Wildman–Crippen MR) is 107 cm³/mol. The van der Waals surface area contributed by atoms with E-state index in [9.17, 15) is 18.0 Å². The lowest BCUT2D eigenvalue weighted by molar-refractivity contribution is -0.139. The van der Waals surface area contributed by atoms with Gasteiger partial charge in [0.1, 0.15) is 11.4 Å². The lowest BCUT2D eigenvalue weighted by Crippen LogP contribution is -2.41. The first-order valence-electron chi connectivity index (χ1n) is 8.82. The molecule has 0 unspecified atom stereocenters. The second-order valence-electron chi connectivity index (χ2n) is 6.28. The van der Waals surface area contributed by atoms with Gasteiger partial charge in [0.25, 0.3) is 15.9 Å². The van der Waals surface area contributed by atoms with Crippen LogP contribution in [0.1, 0.15) is 16.1 Å². The number of thiazole rings is 1. The third kappa shape index (κ3) is 5.44. The summed E-state index contributed by atoms with van der Waals surface area (Å²) in [6.45, 7) is 3.55. The highest BCUT2D eigenvalue weighted by Crippen LogP contribution is 2.22. The molecule has 2 aromatic rings. The van der Waals surface area contributed by atoms with Crippen molar-refractivity contribution < 1.29 is 32.6 Å². The molecule has 30 heavy (non-hydrogen) atoms. The van der Waals surface area contributed by atoms with Crippen molar-refractivity contribution in [3.63, 3.8) is 0 Å². The average molecular weight is 457 g/mol. The standard InChI is InChI=1S/C17H20N4O7S2/c1-11-8-12(2-3-14(11)28-9-15(22)23)30(25,26)20-19-16(24)13-10-29-17(18-13)21-4-6-27-7-5-21/h2-3,8,10,20H,4-7,9H2,1H3,(H,19,24)(H,22,23). The van der Waals surface area contributed by atoms with E-state index < -0.39 is 28.5 Å². The van der Waals surface area contributed by atoms with E-state index in [2.05, 4.69) is 10.4 Å². The van der Waals surface area contributed by atoms with Gasteiger partial charge in [0.15, 0.2) is 11.7 Å². The predicted octanol–water partition coefficient (Wildman–Crippen LogP) is 0.375. The minimum atomic E-state index is -4.05. The van der Waals surface area contributed by atoms with Gasteiger partial charge in [0.05, 0.1) is 18.1 Å². The SMILES string of the molecule is Cc1cc(S(=O)(=O)NNC(=O)c2csc(N3CCOCC3)n2)ccc1OCC(=O)O. The average Bonchev–Trinajstić information content (AvgIpc) is 3.22. The quantitative estimate of drug-likeness (QED) is 0.479. The number of sulfonamides is 1. The van der Waals surface area contributed by atoms with E-state index in [1.54, 1.807) is 12.3 Å². The van der Waals surface area contributed by atoms with Crippen LogP contribution < -0.4 is 19.9 Å². The van der Waals surface area contributed by atoms with Gasteiger partial charge in [-0.25, -0.2) is 18.2 Å². The molecule has 0 bridgehead atoms. The van der Waals surface area contributed by atoms with Crippen molar-refractivity contribution in [1.82, 2.24) is 15.2 Å². The molecule has 1 fully saturated rings. The van der Waals surface area contributed by atoms with Crippen LogP contribution in [0.4, 0.5) is 5.13 Å². The summed E-state index contributed by atoms with van der Waals surface area (Å²) in [5.41, 5.74) is 2.67. The number of nitrogens with one attached hydrogen (secondary N) is 2. The number of aryl methyl sites for hydroxylation is 1. The van der Waals surface area contributed by atoms with Crippen molar-refractivity contribution in [2.45, 2.75) is 11.8 Å². The maximum Gasteiger partial charge on any atom is 0.341 e. The summed E-state index contributed by atoms with van der Waals surface area (Å²) in [5.74, 6) is -1.58. The number of carboxylic acid groups (broad SMARTS) is 1. The Morgan fingerprint density at radius 3 is 2.73 bits per heavy atom. The van der Waals surface area contributed by atoms with E-state index in [-0.39, 0.29) is 16.3 Å². The van der Waals surface area contributed by atoms with Gasteiger partial charge < -0.3 is 19.5 Å². The fourth-order valence-corrected chi connectivity index (χ4v) is 4.38. The van der Waals surface area contributed by atoms with Crippen molar-refractivity contribution in [3.8, 4) is 5.75 Å². The van der Waals surface area contributed by atoms with Crippen LogP contribution >= 0.6 is 11.3 Å². The van der Waals surface area contributed by atoms with Gasteiger partial charge in [-0.1, -0.05) is 0 Å². The minimum Gasteiger partial charge on any atom is -0.482 e. The Kier molecular flexibility index (Phi) is 6.87. The van der Waals surface area contributed by atoms with Crippen LogP contribution in [0.15, 0.2) is 28.5 Å². The van der Waals surface area contributed by atoms with Gasteiger partial charge in [-0.15, -0.1) is 16.2 Å². The molecule has 0 atom stereocenters.